The highest BCUT2D eigenvalue weighted by Gasteiger charge is 2.44. The Morgan fingerprint density at radius 2 is 2.38 bits per heavy atom. The predicted molar refractivity (Wildman–Crippen MR) is 51.2 cm³/mol. The largest absolute Gasteiger partial charge is 0.396 e. The third-order valence-corrected chi connectivity index (χ3v) is 2.95. The average molecular weight is 183 g/mol. The van der Waals surface area contributed by atoms with Gasteiger partial charge >= 0.3 is 0 Å². The summed E-state index contributed by atoms with van der Waals surface area (Å²) in [6, 6.07) is 0. The minimum Gasteiger partial charge on any atom is -0.396 e. The number of hydrogen-bond donors (Lipinski definition) is 1. The van der Waals surface area contributed by atoms with Gasteiger partial charge in [0.25, 0.3) is 0 Å². The van der Waals surface area contributed by atoms with Gasteiger partial charge in [0.05, 0.1) is 0 Å². The maximum Gasteiger partial charge on any atom is 0.223 e. The lowest BCUT2D eigenvalue weighted by atomic mass is 9.89. The lowest BCUT2D eigenvalue weighted by Crippen LogP contribution is -2.45. The molecule has 0 aliphatic carbocycles. The van der Waals surface area contributed by atoms with Gasteiger partial charge in [0.15, 0.2) is 0 Å². The maximum absolute atomic E-state index is 11.5. The van der Waals surface area contributed by atoms with Crippen molar-refractivity contribution < 1.29 is 9.90 Å². The van der Waals surface area contributed by atoms with Crippen molar-refractivity contribution in [3.63, 3.8) is 0 Å². The van der Waals surface area contributed by atoms with Gasteiger partial charge in [0, 0.05) is 31.0 Å². The number of rotatable bonds is 3. The first-order valence-corrected chi connectivity index (χ1v) is 4.56. The zero-order valence-corrected chi connectivity index (χ0v) is 8.29. The fourth-order valence-corrected chi connectivity index (χ4v) is 1.87. The van der Waals surface area contributed by atoms with Crippen molar-refractivity contribution in [3.05, 3.63) is 12.7 Å². The molecule has 1 atom stereocenters. The number of aliphatic hydroxyl groups is 1. The molecule has 1 aliphatic heterocycles. The van der Waals surface area contributed by atoms with Crippen LogP contribution in [-0.4, -0.2) is 34.6 Å². The van der Waals surface area contributed by atoms with Gasteiger partial charge in [0.1, 0.15) is 0 Å². The van der Waals surface area contributed by atoms with Crippen molar-refractivity contribution in [2.75, 3.05) is 13.2 Å². The molecule has 0 spiro atoms. The van der Waals surface area contributed by atoms with Gasteiger partial charge in [0.2, 0.25) is 5.91 Å². The van der Waals surface area contributed by atoms with E-state index < -0.39 is 0 Å². The minimum absolute atomic E-state index is 0.0555. The SMILES string of the molecule is C=CCN1C(=O)CC(CO)C1(C)C. The number of carbonyl (C=O) groups is 1. The van der Waals surface area contributed by atoms with Crippen LogP contribution >= 0.6 is 0 Å². The number of nitrogens with zero attached hydrogens (tertiary/aromatic N) is 1. The summed E-state index contributed by atoms with van der Waals surface area (Å²) in [6.45, 7) is 8.24. The zero-order chi connectivity index (χ0) is 10.1. The van der Waals surface area contributed by atoms with E-state index in [2.05, 4.69) is 6.58 Å². The van der Waals surface area contributed by atoms with Gasteiger partial charge in [-0.05, 0) is 13.8 Å². The molecule has 0 saturated carbocycles. The molecule has 1 fully saturated rings. The van der Waals surface area contributed by atoms with Crippen LogP contribution in [0.3, 0.4) is 0 Å². The number of aliphatic hydroxyl groups excluding tert-OH is 1. The molecule has 1 heterocycles. The Labute approximate surface area is 79.0 Å². The maximum atomic E-state index is 11.5. The third kappa shape index (κ3) is 1.61. The number of hydrogen-bond acceptors (Lipinski definition) is 2. The molecule has 3 nitrogen and oxygen atoms in total. The van der Waals surface area contributed by atoms with Crippen LogP contribution in [0.25, 0.3) is 0 Å². The normalized spacial score (nSPS) is 26.5. The molecule has 0 aromatic heterocycles. The lowest BCUT2D eigenvalue weighted by Gasteiger charge is -2.34. The smallest absolute Gasteiger partial charge is 0.223 e. The van der Waals surface area contributed by atoms with E-state index in [-0.39, 0.29) is 24.0 Å². The van der Waals surface area contributed by atoms with Crippen molar-refractivity contribution in [3.8, 4) is 0 Å². The molecule has 0 aromatic carbocycles. The molecule has 0 radical (unpaired) electrons. The summed E-state index contributed by atoms with van der Waals surface area (Å²) in [5.74, 6) is 0.170. The number of likely N-dealkylation sites (tertiary alicyclic amines) is 1. The quantitative estimate of drug-likeness (QED) is 0.657. The van der Waals surface area contributed by atoms with Crippen molar-refractivity contribution in [1.29, 1.82) is 0 Å². The van der Waals surface area contributed by atoms with E-state index in [1.165, 1.54) is 0 Å². The second-order valence-corrected chi connectivity index (χ2v) is 4.03. The molecule has 1 amide bonds. The van der Waals surface area contributed by atoms with Crippen molar-refractivity contribution >= 4 is 5.91 Å². The highest BCUT2D eigenvalue weighted by Crippen LogP contribution is 2.34. The molecule has 1 N–H and O–H groups in total. The first kappa shape index (κ1) is 10.3. The van der Waals surface area contributed by atoms with Gasteiger partial charge in [-0.1, -0.05) is 6.08 Å². The van der Waals surface area contributed by atoms with Gasteiger partial charge in [-0.15, -0.1) is 6.58 Å². The molecule has 1 aliphatic rings. The Morgan fingerprint density at radius 3 is 2.77 bits per heavy atom. The van der Waals surface area contributed by atoms with E-state index in [1.807, 2.05) is 13.8 Å². The van der Waals surface area contributed by atoms with E-state index in [9.17, 15) is 4.79 Å². The Hall–Kier alpha value is -0.830. The monoisotopic (exact) mass is 183 g/mol. The van der Waals surface area contributed by atoms with Crippen LogP contribution in [0.1, 0.15) is 20.3 Å². The van der Waals surface area contributed by atoms with Crippen LogP contribution in [0.2, 0.25) is 0 Å². The summed E-state index contributed by atoms with van der Waals surface area (Å²) >= 11 is 0. The summed E-state index contributed by atoms with van der Waals surface area (Å²) in [5.41, 5.74) is -0.236. The highest BCUT2D eigenvalue weighted by atomic mass is 16.3. The molecular formula is C10H17NO2. The van der Waals surface area contributed by atoms with Crippen LogP contribution < -0.4 is 0 Å². The van der Waals surface area contributed by atoms with E-state index in [1.54, 1.807) is 11.0 Å². The van der Waals surface area contributed by atoms with E-state index in [0.29, 0.717) is 13.0 Å². The minimum atomic E-state index is -0.236. The van der Waals surface area contributed by atoms with Gasteiger partial charge in [-0.3, -0.25) is 4.79 Å². The van der Waals surface area contributed by atoms with Crippen LogP contribution in [0.15, 0.2) is 12.7 Å². The van der Waals surface area contributed by atoms with E-state index >= 15 is 0 Å². The van der Waals surface area contributed by atoms with Crippen molar-refractivity contribution in [1.82, 2.24) is 4.90 Å². The summed E-state index contributed by atoms with van der Waals surface area (Å²) < 4.78 is 0. The Morgan fingerprint density at radius 1 is 1.77 bits per heavy atom. The average Bonchev–Trinajstić information content (AvgIpc) is 2.28. The molecular weight excluding hydrogens is 166 g/mol. The fraction of sp³-hybridized carbons (Fsp3) is 0.700. The number of carbonyl (C=O) groups excluding carboxylic acids is 1. The van der Waals surface area contributed by atoms with Crippen molar-refractivity contribution in [2.24, 2.45) is 5.92 Å². The fourth-order valence-electron chi connectivity index (χ4n) is 1.87. The first-order valence-electron chi connectivity index (χ1n) is 4.56. The van der Waals surface area contributed by atoms with Crippen LogP contribution in [0.5, 0.6) is 0 Å². The third-order valence-electron chi connectivity index (χ3n) is 2.95. The molecule has 0 aromatic rings. The van der Waals surface area contributed by atoms with Crippen molar-refractivity contribution in [2.45, 2.75) is 25.8 Å². The topological polar surface area (TPSA) is 40.5 Å². The Kier molecular flexibility index (Phi) is 2.76. The zero-order valence-electron chi connectivity index (χ0n) is 8.29. The molecule has 1 rings (SSSR count). The Bertz CT molecular complexity index is 223. The van der Waals surface area contributed by atoms with Gasteiger partial charge in [-0.25, -0.2) is 0 Å². The first-order chi connectivity index (χ1) is 6.04. The van der Waals surface area contributed by atoms with Gasteiger partial charge in [-0.2, -0.15) is 0 Å². The van der Waals surface area contributed by atoms with E-state index in [0.717, 1.165) is 0 Å². The number of amides is 1. The van der Waals surface area contributed by atoms with Crippen LogP contribution in [-0.2, 0) is 4.79 Å². The molecule has 1 saturated heterocycles. The van der Waals surface area contributed by atoms with Crippen LogP contribution in [0.4, 0.5) is 0 Å². The molecule has 13 heavy (non-hydrogen) atoms. The molecule has 1 unspecified atom stereocenters. The lowest BCUT2D eigenvalue weighted by molar-refractivity contribution is -0.129. The Balaban J connectivity index is 2.83. The van der Waals surface area contributed by atoms with E-state index in [4.69, 9.17) is 5.11 Å². The predicted octanol–water partition coefficient (Wildman–Crippen LogP) is 0.792. The van der Waals surface area contributed by atoms with Gasteiger partial charge < -0.3 is 10.0 Å². The highest BCUT2D eigenvalue weighted by molar-refractivity contribution is 5.80. The molecule has 3 heteroatoms. The summed E-state index contributed by atoms with van der Waals surface area (Å²) in [5, 5.41) is 9.10. The summed E-state index contributed by atoms with van der Waals surface area (Å²) in [6.07, 6.45) is 2.18. The summed E-state index contributed by atoms with van der Waals surface area (Å²) in [4.78, 5) is 13.3. The second kappa shape index (κ2) is 3.50. The standard InChI is InChI=1S/C10H17NO2/c1-4-5-11-9(13)6-8(7-12)10(11,2)3/h4,8,12H,1,5-7H2,2-3H3. The van der Waals surface area contributed by atoms with Crippen LogP contribution in [0, 0.1) is 5.92 Å². The second-order valence-electron chi connectivity index (χ2n) is 4.03. The molecule has 74 valence electrons. The molecule has 0 bridgehead atoms. The summed E-state index contributed by atoms with van der Waals surface area (Å²) in [7, 11) is 0.